The highest BCUT2D eigenvalue weighted by molar-refractivity contribution is 7.13. The normalized spacial score (nSPS) is 16.9. The van der Waals surface area contributed by atoms with Gasteiger partial charge in [0, 0.05) is 30.9 Å². The maximum absolute atomic E-state index is 12.4. The van der Waals surface area contributed by atoms with E-state index in [4.69, 9.17) is 5.73 Å². The molecule has 4 N–H and O–H groups in total. The zero-order valence-electron chi connectivity index (χ0n) is 13.4. The van der Waals surface area contributed by atoms with E-state index in [0.29, 0.717) is 24.5 Å². The molecule has 0 aliphatic carbocycles. The Morgan fingerprint density at radius 1 is 1.33 bits per heavy atom. The number of amides is 3. The van der Waals surface area contributed by atoms with E-state index < -0.39 is 0 Å². The molecule has 1 aromatic carbocycles. The molecule has 24 heavy (non-hydrogen) atoms. The van der Waals surface area contributed by atoms with Gasteiger partial charge in [-0.25, -0.2) is 4.79 Å². The van der Waals surface area contributed by atoms with Gasteiger partial charge in [0.1, 0.15) is 0 Å². The Bertz CT molecular complexity index is 745. The van der Waals surface area contributed by atoms with Crippen molar-refractivity contribution >= 4 is 34.6 Å². The Kier molecular flexibility index (Phi) is 4.71. The number of rotatable bonds is 3. The SMILES string of the molecule is CC(=O)NC1CCN(C(=O)Nc2cc(-c3cccs3)ccc2N)C1. The van der Waals surface area contributed by atoms with Crippen LogP contribution in [0.3, 0.4) is 0 Å². The van der Waals surface area contributed by atoms with Crippen molar-refractivity contribution in [3.05, 3.63) is 35.7 Å². The Hall–Kier alpha value is -2.54. The van der Waals surface area contributed by atoms with Crippen LogP contribution in [0.15, 0.2) is 35.7 Å². The van der Waals surface area contributed by atoms with Crippen LogP contribution in [0.1, 0.15) is 13.3 Å². The molecule has 0 bridgehead atoms. The van der Waals surface area contributed by atoms with Crippen LogP contribution < -0.4 is 16.4 Å². The largest absolute Gasteiger partial charge is 0.397 e. The van der Waals surface area contributed by atoms with Gasteiger partial charge >= 0.3 is 6.03 Å². The highest BCUT2D eigenvalue weighted by atomic mass is 32.1. The molecule has 2 aromatic rings. The molecule has 3 rings (SSSR count). The molecule has 3 amide bonds. The molecular weight excluding hydrogens is 324 g/mol. The number of hydrogen-bond donors (Lipinski definition) is 3. The number of thiophene rings is 1. The first-order chi connectivity index (χ1) is 11.5. The lowest BCUT2D eigenvalue weighted by atomic mass is 10.1. The van der Waals surface area contributed by atoms with Crippen LogP contribution in [-0.4, -0.2) is 36.0 Å². The second kappa shape index (κ2) is 6.92. The second-order valence-electron chi connectivity index (χ2n) is 5.84. The highest BCUT2D eigenvalue weighted by Gasteiger charge is 2.27. The fourth-order valence-electron chi connectivity index (χ4n) is 2.80. The van der Waals surface area contributed by atoms with Crippen molar-refractivity contribution in [1.82, 2.24) is 10.2 Å². The smallest absolute Gasteiger partial charge is 0.321 e. The van der Waals surface area contributed by atoms with E-state index in [2.05, 4.69) is 10.6 Å². The first kappa shape index (κ1) is 16.3. The maximum atomic E-state index is 12.4. The van der Waals surface area contributed by atoms with E-state index >= 15 is 0 Å². The number of nitrogen functional groups attached to an aromatic ring is 1. The number of nitrogens with two attached hydrogens (primary N) is 1. The molecule has 1 aliphatic rings. The van der Waals surface area contributed by atoms with E-state index in [0.717, 1.165) is 16.9 Å². The maximum Gasteiger partial charge on any atom is 0.321 e. The summed E-state index contributed by atoms with van der Waals surface area (Å²) in [6.45, 7) is 2.61. The van der Waals surface area contributed by atoms with Crippen molar-refractivity contribution in [2.24, 2.45) is 0 Å². The van der Waals surface area contributed by atoms with Gasteiger partial charge in [-0.05, 0) is 35.6 Å². The predicted molar refractivity (Wildman–Crippen MR) is 97.0 cm³/mol. The summed E-state index contributed by atoms with van der Waals surface area (Å²) in [5.74, 6) is -0.0739. The van der Waals surface area contributed by atoms with Gasteiger partial charge in [-0.3, -0.25) is 4.79 Å². The average Bonchev–Trinajstić information content (AvgIpc) is 3.20. The lowest BCUT2D eigenvalue weighted by molar-refractivity contribution is -0.119. The lowest BCUT2D eigenvalue weighted by Crippen LogP contribution is -2.38. The number of carbonyl (C=O) groups is 2. The molecule has 1 atom stereocenters. The van der Waals surface area contributed by atoms with Gasteiger partial charge in [-0.1, -0.05) is 12.1 Å². The average molecular weight is 344 g/mol. The summed E-state index contributed by atoms with van der Waals surface area (Å²) >= 11 is 1.64. The van der Waals surface area contributed by atoms with Crippen LogP contribution in [0.25, 0.3) is 10.4 Å². The number of benzene rings is 1. The summed E-state index contributed by atoms with van der Waals surface area (Å²) in [6, 6.07) is 9.47. The minimum absolute atomic E-state index is 0.0167. The van der Waals surface area contributed by atoms with E-state index in [-0.39, 0.29) is 18.0 Å². The summed E-state index contributed by atoms with van der Waals surface area (Å²) in [7, 11) is 0. The van der Waals surface area contributed by atoms with Crippen LogP contribution in [0.4, 0.5) is 16.2 Å². The van der Waals surface area contributed by atoms with Gasteiger partial charge in [0.05, 0.1) is 11.4 Å². The van der Waals surface area contributed by atoms with Gasteiger partial charge in [0.25, 0.3) is 0 Å². The molecule has 0 radical (unpaired) electrons. The molecule has 1 aliphatic heterocycles. The van der Waals surface area contributed by atoms with Crippen LogP contribution in [0.2, 0.25) is 0 Å². The second-order valence-corrected chi connectivity index (χ2v) is 6.79. The highest BCUT2D eigenvalue weighted by Crippen LogP contribution is 2.30. The lowest BCUT2D eigenvalue weighted by Gasteiger charge is -2.18. The molecule has 1 aromatic heterocycles. The molecule has 0 spiro atoms. The minimum atomic E-state index is -0.196. The van der Waals surface area contributed by atoms with Crippen LogP contribution >= 0.6 is 11.3 Å². The zero-order valence-corrected chi connectivity index (χ0v) is 14.2. The quantitative estimate of drug-likeness (QED) is 0.748. The molecule has 126 valence electrons. The van der Waals surface area contributed by atoms with E-state index in [1.807, 2.05) is 29.6 Å². The number of nitrogens with one attached hydrogen (secondary N) is 2. The Morgan fingerprint density at radius 3 is 2.88 bits per heavy atom. The predicted octanol–water partition coefficient (Wildman–Crippen LogP) is 2.74. The molecule has 1 fully saturated rings. The number of urea groups is 1. The minimum Gasteiger partial charge on any atom is -0.397 e. The third kappa shape index (κ3) is 3.68. The third-order valence-corrected chi connectivity index (χ3v) is 4.90. The van der Waals surface area contributed by atoms with Gasteiger partial charge in [0.15, 0.2) is 0 Å². The molecule has 6 nitrogen and oxygen atoms in total. The summed E-state index contributed by atoms with van der Waals surface area (Å²) < 4.78 is 0. The van der Waals surface area contributed by atoms with Crippen molar-refractivity contribution in [2.45, 2.75) is 19.4 Å². The Morgan fingerprint density at radius 2 is 2.17 bits per heavy atom. The van der Waals surface area contributed by atoms with Crippen LogP contribution in [0, 0.1) is 0 Å². The fourth-order valence-corrected chi connectivity index (χ4v) is 3.53. The van der Waals surface area contributed by atoms with Crippen molar-refractivity contribution in [3.63, 3.8) is 0 Å². The number of anilines is 2. The Labute approximate surface area is 144 Å². The number of nitrogens with zero attached hydrogens (tertiary/aromatic N) is 1. The topological polar surface area (TPSA) is 87.5 Å². The van der Waals surface area contributed by atoms with Crippen molar-refractivity contribution < 1.29 is 9.59 Å². The fraction of sp³-hybridized carbons (Fsp3) is 0.294. The Balaban J connectivity index is 1.68. The van der Waals surface area contributed by atoms with Crippen LogP contribution in [-0.2, 0) is 4.79 Å². The summed E-state index contributed by atoms with van der Waals surface area (Å²) in [4.78, 5) is 26.4. The molecule has 1 unspecified atom stereocenters. The number of hydrogen-bond acceptors (Lipinski definition) is 4. The van der Waals surface area contributed by atoms with Crippen LogP contribution in [0.5, 0.6) is 0 Å². The summed E-state index contributed by atoms with van der Waals surface area (Å²) in [5.41, 5.74) is 8.15. The molecule has 1 saturated heterocycles. The van der Waals surface area contributed by atoms with Crippen molar-refractivity contribution in [2.75, 3.05) is 24.1 Å². The number of likely N-dealkylation sites (tertiary alicyclic amines) is 1. The summed E-state index contributed by atoms with van der Waals surface area (Å²) in [6.07, 6.45) is 0.762. The first-order valence-electron chi connectivity index (χ1n) is 7.79. The molecule has 7 heteroatoms. The standard InChI is InChI=1S/C17H20N4O2S/c1-11(22)19-13-6-7-21(10-13)17(23)20-15-9-12(4-5-14(15)18)16-3-2-8-24-16/h2-5,8-9,13H,6-7,10,18H2,1H3,(H,19,22)(H,20,23). The molecule has 0 saturated carbocycles. The molecular formula is C17H20N4O2S. The third-order valence-electron chi connectivity index (χ3n) is 3.98. The van der Waals surface area contributed by atoms with Gasteiger partial charge < -0.3 is 21.3 Å². The summed E-state index contributed by atoms with van der Waals surface area (Å²) in [5, 5.41) is 7.74. The zero-order chi connectivity index (χ0) is 17.1. The van der Waals surface area contributed by atoms with Crippen molar-refractivity contribution in [3.8, 4) is 10.4 Å². The van der Waals surface area contributed by atoms with E-state index in [1.54, 1.807) is 22.3 Å². The van der Waals surface area contributed by atoms with Gasteiger partial charge in [-0.2, -0.15) is 0 Å². The monoisotopic (exact) mass is 344 g/mol. The van der Waals surface area contributed by atoms with E-state index in [9.17, 15) is 9.59 Å². The van der Waals surface area contributed by atoms with Gasteiger partial charge in [-0.15, -0.1) is 11.3 Å². The van der Waals surface area contributed by atoms with Crippen molar-refractivity contribution in [1.29, 1.82) is 0 Å². The first-order valence-corrected chi connectivity index (χ1v) is 8.67. The van der Waals surface area contributed by atoms with E-state index in [1.165, 1.54) is 6.92 Å². The molecule has 2 heterocycles. The number of carbonyl (C=O) groups excluding carboxylic acids is 2. The van der Waals surface area contributed by atoms with Gasteiger partial charge in [0.2, 0.25) is 5.91 Å².